The second kappa shape index (κ2) is 6.76. The largest absolute Gasteiger partial charge is 0.296 e. The van der Waals surface area contributed by atoms with Crippen molar-refractivity contribution in [2.45, 2.75) is 0 Å². The van der Waals surface area contributed by atoms with Gasteiger partial charge in [-0.25, -0.2) is 0 Å². The predicted octanol–water partition coefficient (Wildman–Crippen LogP) is 4.10. The van der Waals surface area contributed by atoms with E-state index in [1.54, 1.807) is 13.3 Å². The fourth-order valence-corrected chi connectivity index (χ4v) is 3.06. The van der Waals surface area contributed by atoms with Crippen molar-refractivity contribution >= 4 is 17.0 Å². The number of nitrogens with zero attached hydrogens (tertiary/aromatic N) is 3. The molecule has 0 aliphatic carbocycles. The van der Waals surface area contributed by atoms with Crippen LogP contribution in [-0.4, -0.2) is 23.0 Å². The lowest BCUT2D eigenvalue weighted by Gasteiger charge is -2.11. The van der Waals surface area contributed by atoms with E-state index in [1.165, 1.54) is 4.68 Å². The summed E-state index contributed by atoms with van der Waals surface area (Å²) < 4.78 is 1.47. The number of aliphatic imine (C=N–C) groups is 1. The molecule has 0 unspecified atom stereocenters. The molecule has 0 amide bonds. The van der Waals surface area contributed by atoms with Crippen LogP contribution < -0.4 is 5.56 Å². The topological polar surface area (TPSA) is 47.2 Å². The van der Waals surface area contributed by atoms with Crippen molar-refractivity contribution in [2.24, 2.45) is 4.99 Å². The zero-order valence-electron chi connectivity index (χ0n) is 14.3. The summed E-state index contributed by atoms with van der Waals surface area (Å²) in [6.45, 7) is 0. The van der Waals surface area contributed by atoms with Gasteiger partial charge in [-0.3, -0.25) is 9.79 Å². The first-order chi connectivity index (χ1) is 12.8. The van der Waals surface area contributed by atoms with Crippen molar-refractivity contribution in [1.29, 1.82) is 0 Å². The molecule has 1 heterocycles. The van der Waals surface area contributed by atoms with E-state index in [0.717, 1.165) is 27.9 Å². The number of benzene rings is 3. The third kappa shape index (κ3) is 2.82. The molecular formula is C22H17N3O. The van der Waals surface area contributed by atoms with Crippen molar-refractivity contribution in [3.05, 3.63) is 94.8 Å². The van der Waals surface area contributed by atoms with E-state index in [4.69, 9.17) is 5.10 Å². The van der Waals surface area contributed by atoms with Gasteiger partial charge in [-0.2, -0.15) is 9.78 Å². The highest BCUT2D eigenvalue weighted by molar-refractivity contribution is 5.95. The SMILES string of the molecule is CN=Cc1cccc(-c2nn(-c3ccccc3)c(=O)c3ccccc23)c1. The monoisotopic (exact) mass is 339 g/mol. The van der Waals surface area contributed by atoms with E-state index < -0.39 is 0 Å². The number of aromatic nitrogens is 2. The number of rotatable bonds is 3. The Morgan fingerprint density at radius 3 is 2.38 bits per heavy atom. The Balaban J connectivity index is 2.05. The molecule has 0 radical (unpaired) electrons. The third-order valence-electron chi connectivity index (χ3n) is 4.24. The van der Waals surface area contributed by atoms with Crippen molar-refractivity contribution in [3.8, 4) is 16.9 Å². The van der Waals surface area contributed by atoms with Crippen LogP contribution in [0.2, 0.25) is 0 Å². The molecule has 0 aliphatic rings. The number of para-hydroxylation sites is 1. The summed E-state index contributed by atoms with van der Waals surface area (Å²) in [6.07, 6.45) is 1.80. The lowest BCUT2D eigenvalue weighted by molar-refractivity contribution is 0.826. The fraction of sp³-hybridized carbons (Fsp3) is 0.0455. The molecular weight excluding hydrogens is 322 g/mol. The van der Waals surface area contributed by atoms with Gasteiger partial charge in [-0.15, -0.1) is 0 Å². The maximum atomic E-state index is 13.0. The Labute approximate surface area is 151 Å². The van der Waals surface area contributed by atoms with E-state index in [9.17, 15) is 4.79 Å². The highest BCUT2D eigenvalue weighted by Gasteiger charge is 2.13. The molecule has 0 saturated heterocycles. The Hall–Kier alpha value is -3.53. The van der Waals surface area contributed by atoms with E-state index in [1.807, 2.05) is 78.9 Å². The molecule has 0 aliphatic heterocycles. The van der Waals surface area contributed by atoms with Crippen LogP contribution >= 0.6 is 0 Å². The van der Waals surface area contributed by atoms with Crippen molar-refractivity contribution in [3.63, 3.8) is 0 Å². The van der Waals surface area contributed by atoms with Crippen molar-refractivity contribution in [1.82, 2.24) is 9.78 Å². The summed E-state index contributed by atoms with van der Waals surface area (Å²) in [4.78, 5) is 17.0. The van der Waals surface area contributed by atoms with E-state index >= 15 is 0 Å². The highest BCUT2D eigenvalue weighted by atomic mass is 16.1. The minimum absolute atomic E-state index is 0.123. The summed E-state index contributed by atoms with van der Waals surface area (Å²) in [5, 5.41) is 6.19. The smallest absolute Gasteiger partial charge is 0.279 e. The van der Waals surface area contributed by atoms with Crippen molar-refractivity contribution < 1.29 is 0 Å². The molecule has 4 rings (SSSR count). The van der Waals surface area contributed by atoms with Gasteiger partial charge in [-0.1, -0.05) is 54.6 Å². The first-order valence-electron chi connectivity index (χ1n) is 8.38. The fourth-order valence-electron chi connectivity index (χ4n) is 3.06. The van der Waals surface area contributed by atoms with Gasteiger partial charge in [0.2, 0.25) is 0 Å². The summed E-state index contributed by atoms with van der Waals surface area (Å²) in [6, 6.07) is 25.1. The molecule has 3 aromatic carbocycles. The van der Waals surface area contributed by atoms with Gasteiger partial charge < -0.3 is 0 Å². The third-order valence-corrected chi connectivity index (χ3v) is 4.24. The molecule has 126 valence electrons. The van der Waals surface area contributed by atoms with Gasteiger partial charge in [0, 0.05) is 24.2 Å². The number of hydrogen-bond acceptors (Lipinski definition) is 3. The molecule has 0 spiro atoms. The van der Waals surface area contributed by atoms with Gasteiger partial charge in [-0.05, 0) is 29.8 Å². The Kier molecular flexibility index (Phi) is 4.15. The van der Waals surface area contributed by atoms with Crippen LogP contribution in [0.25, 0.3) is 27.7 Å². The van der Waals surface area contributed by atoms with Crippen LogP contribution in [0.3, 0.4) is 0 Å². The Morgan fingerprint density at radius 1 is 0.885 bits per heavy atom. The van der Waals surface area contributed by atoms with E-state index in [0.29, 0.717) is 5.39 Å². The van der Waals surface area contributed by atoms with Crippen LogP contribution in [0.4, 0.5) is 0 Å². The summed E-state index contributed by atoms with van der Waals surface area (Å²) in [7, 11) is 1.75. The molecule has 4 heteroatoms. The highest BCUT2D eigenvalue weighted by Crippen LogP contribution is 2.25. The second-order valence-electron chi connectivity index (χ2n) is 5.96. The Bertz CT molecular complexity index is 1160. The quantitative estimate of drug-likeness (QED) is 0.528. The zero-order chi connectivity index (χ0) is 17.9. The van der Waals surface area contributed by atoms with Gasteiger partial charge in [0.25, 0.3) is 5.56 Å². The molecule has 0 N–H and O–H groups in total. The molecule has 0 saturated carbocycles. The predicted molar refractivity (Wildman–Crippen MR) is 106 cm³/mol. The van der Waals surface area contributed by atoms with Crippen LogP contribution in [0.15, 0.2) is 88.6 Å². The maximum Gasteiger partial charge on any atom is 0.279 e. The normalized spacial score (nSPS) is 11.3. The molecule has 0 bridgehead atoms. The standard InChI is InChI=1S/C22H17N3O/c1-23-15-16-8-7-9-17(14-16)21-19-12-5-6-13-20(19)22(26)25(24-21)18-10-3-2-4-11-18/h2-15H,1H3. The molecule has 4 nitrogen and oxygen atoms in total. The molecule has 0 atom stereocenters. The Morgan fingerprint density at radius 2 is 1.62 bits per heavy atom. The molecule has 26 heavy (non-hydrogen) atoms. The first kappa shape index (κ1) is 16.0. The van der Waals surface area contributed by atoms with Gasteiger partial charge in [0.1, 0.15) is 0 Å². The van der Waals surface area contributed by atoms with Crippen LogP contribution in [-0.2, 0) is 0 Å². The first-order valence-corrected chi connectivity index (χ1v) is 8.38. The average Bonchev–Trinajstić information content (AvgIpc) is 2.70. The second-order valence-corrected chi connectivity index (χ2v) is 5.96. The van der Waals surface area contributed by atoms with Gasteiger partial charge in [0.05, 0.1) is 16.8 Å². The molecule has 0 fully saturated rings. The zero-order valence-corrected chi connectivity index (χ0v) is 14.3. The summed E-state index contributed by atoms with van der Waals surface area (Å²) in [5.74, 6) is 0. The van der Waals surface area contributed by atoms with Crippen LogP contribution in [0.1, 0.15) is 5.56 Å². The van der Waals surface area contributed by atoms with Crippen molar-refractivity contribution in [2.75, 3.05) is 7.05 Å². The summed E-state index contributed by atoms with van der Waals surface area (Å²) in [5.41, 5.74) is 3.34. The number of hydrogen-bond donors (Lipinski definition) is 0. The van der Waals surface area contributed by atoms with E-state index in [-0.39, 0.29) is 5.56 Å². The maximum absolute atomic E-state index is 13.0. The minimum Gasteiger partial charge on any atom is -0.296 e. The molecule has 4 aromatic rings. The summed E-state index contributed by atoms with van der Waals surface area (Å²) >= 11 is 0. The molecule has 1 aromatic heterocycles. The van der Waals surface area contributed by atoms with Crippen LogP contribution in [0, 0.1) is 0 Å². The van der Waals surface area contributed by atoms with Gasteiger partial charge >= 0.3 is 0 Å². The number of fused-ring (bicyclic) bond motifs is 1. The van der Waals surface area contributed by atoms with Gasteiger partial charge in [0.15, 0.2) is 0 Å². The van der Waals surface area contributed by atoms with Crippen LogP contribution in [0.5, 0.6) is 0 Å². The minimum atomic E-state index is -0.123. The lowest BCUT2D eigenvalue weighted by Crippen LogP contribution is -2.22. The average molecular weight is 339 g/mol. The van der Waals surface area contributed by atoms with E-state index in [2.05, 4.69) is 4.99 Å². The lowest BCUT2D eigenvalue weighted by atomic mass is 10.0.